The van der Waals surface area contributed by atoms with Crippen molar-refractivity contribution in [2.75, 3.05) is 13.6 Å². The maximum absolute atomic E-state index is 2.44. The van der Waals surface area contributed by atoms with Gasteiger partial charge in [0, 0.05) is 19.0 Å². The van der Waals surface area contributed by atoms with E-state index in [0.29, 0.717) is 11.8 Å². The minimum absolute atomic E-state index is 0.516. The van der Waals surface area contributed by atoms with Gasteiger partial charge in [-0.15, -0.1) is 0 Å². The predicted molar refractivity (Wildman–Crippen MR) is 80.2 cm³/mol. The molecule has 1 heteroatoms. The molecule has 0 aliphatic carbocycles. The van der Waals surface area contributed by atoms with Gasteiger partial charge in [0.15, 0.2) is 0 Å². The van der Waals surface area contributed by atoms with Gasteiger partial charge in [-0.25, -0.2) is 0 Å². The highest BCUT2D eigenvalue weighted by Crippen LogP contribution is 2.36. The number of rotatable bonds is 1. The van der Waals surface area contributed by atoms with Gasteiger partial charge in [0.1, 0.15) is 0 Å². The van der Waals surface area contributed by atoms with Gasteiger partial charge in [0.2, 0.25) is 0 Å². The highest BCUT2D eigenvalue weighted by Gasteiger charge is 2.27. The van der Waals surface area contributed by atoms with Crippen LogP contribution in [0.25, 0.3) is 0 Å². The SMILES string of the molecule is CC1CN(C)Cc2ccccc2C1c1ccccc1. The molecule has 2 atom stereocenters. The third kappa shape index (κ3) is 2.43. The van der Waals surface area contributed by atoms with Crippen molar-refractivity contribution in [3.8, 4) is 0 Å². The molecule has 2 aromatic rings. The molecule has 2 aromatic carbocycles. The molecule has 3 rings (SSSR count). The molecule has 0 N–H and O–H groups in total. The molecular formula is C18H21N. The molecule has 0 bridgehead atoms. The molecule has 0 spiro atoms. The lowest BCUT2D eigenvalue weighted by atomic mass is 9.80. The highest BCUT2D eigenvalue weighted by molar-refractivity contribution is 5.39. The van der Waals surface area contributed by atoms with Gasteiger partial charge in [-0.05, 0) is 29.7 Å². The summed E-state index contributed by atoms with van der Waals surface area (Å²) in [5.74, 6) is 1.15. The fourth-order valence-electron chi connectivity index (χ4n) is 3.41. The zero-order chi connectivity index (χ0) is 13.2. The van der Waals surface area contributed by atoms with E-state index < -0.39 is 0 Å². The second-order valence-corrected chi connectivity index (χ2v) is 5.76. The van der Waals surface area contributed by atoms with E-state index in [9.17, 15) is 0 Å². The number of hydrogen-bond acceptors (Lipinski definition) is 1. The van der Waals surface area contributed by atoms with Crippen LogP contribution < -0.4 is 0 Å². The van der Waals surface area contributed by atoms with Gasteiger partial charge in [-0.2, -0.15) is 0 Å². The lowest BCUT2D eigenvalue weighted by Gasteiger charge is -2.25. The van der Waals surface area contributed by atoms with Crippen LogP contribution >= 0.6 is 0 Å². The van der Waals surface area contributed by atoms with Crippen molar-refractivity contribution in [1.29, 1.82) is 0 Å². The second kappa shape index (κ2) is 5.18. The van der Waals surface area contributed by atoms with E-state index >= 15 is 0 Å². The van der Waals surface area contributed by atoms with E-state index in [0.717, 1.165) is 13.1 Å². The van der Waals surface area contributed by atoms with E-state index in [2.05, 4.69) is 73.5 Å². The summed E-state index contributed by atoms with van der Waals surface area (Å²) in [5.41, 5.74) is 4.42. The number of hydrogen-bond donors (Lipinski definition) is 0. The molecule has 0 fully saturated rings. The molecule has 0 saturated carbocycles. The van der Waals surface area contributed by atoms with Crippen LogP contribution in [0.2, 0.25) is 0 Å². The van der Waals surface area contributed by atoms with Crippen LogP contribution in [0.5, 0.6) is 0 Å². The van der Waals surface area contributed by atoms with E-state index in [4.69, 9.17) is 0 Å². The van der Waals surface area contributed by atoms with Gasteiger partial charge < -0.3 is 4.90 Å². The van der Waals surface area contributed by atoms with Crippen molar-refractivity contribution in [3.63, 3.8) is 0 Å². The van der Waals surface area contributed by atoms with Crippen LogP contribution in [0, 0.1) is 5.92 Å². The fraction of sp³-hybridized carbons (Fsp3) is 0.333. The van der Waals surface area contributed by atoms with Crippen LogP contribution in [0.15, 0.2) is 54.6 Å². The molecule has 0 aromatic heterocycles. The fourth-order valence-corrected chi connectivity index (χ4v) is 3.41. The van der Waals surface area contributed by atoms with Crippen LogP contribution in [0.4, 0.5) is 0 Å². The van der Waals surface area contributed by atoms with E-state index in [1.54, 1.807) is 0 Å². The van der Waals surface area contributed by atoms with E-state index in [1.807, 2.05) is 0 Å². The first kappa shape index (κ1) is 12.4. The number of nitrogens with zero attached hydrogens (tertiary/aromatic N) is 1. The van der Waals surface area contributed by atoms with Gasteiger partial charge >= 0.3 is 0 Å². The molecular weight excluding hydrogens is 230 g/mol. The van der Waals surface area contributed by atoms with Gasteiger partial charge in [-0.1, -0.05) is 61.5 Å². The van der Waals surface area contributed by atoms with Crippen LogP contribution in [0.1, 0.15) is 29.5 Å². The molecule has 1 aliphatic rings. The summed E-state index contributed by atoms with van der Waals surface area (Å²) in [6.07, 6.45) is 0. The predicted octanol–water partition coefficient (Wildman–Crippen LogP) is 3.90. The highest BCUT2D eigenvalue weighted by atomic mass is 15.1. The van der Waals surface area contributed by atoms with Crippen LogP contribution in [-0.4, -0.2) is 18.5 Å². The molecule has 0 saturated heterocycles. The van der Waals surface area contributed by atoms with Crippen molar-refractivity contribution in [1.82, 2.24) is 4.90 Å². The molecule has 0 radical (unpaired) electrons. The quantitative estimate of drug-likeness (QED) is 0.743. The summed E-state index contributed by atoms with van der Waals surface area (Å²) in [5, 5.41) is 0. The van der Waals surface area contributed by atoms with Crippen LogP contribution in [-0.2, 0) is 6.54 Å². The lowest BCUT2D eigenvalue weighted by molar-refractivity contribution is 0.281. The van der Waals surface area contributed by atoms with E-state index in [-0.39, 0.29) is 0 Å². The Morgan fingerprint density at radius 3 is 2.42 bits per heavy atom. The van der Waals surface area contributed by atoms with Gasteiger partial charge in [0.25, 0.3) is 0 Å². The minimum Gasteiger partial charge on any atom is -0.302 e. The molecule has 98 valence electrons. The second-order valence-electron chi connectivity index (χ2n) is 5.76. The van der Waals surface area contributed by atoms with Crippen molar-refractivity contribution in [2.24, 2.45) is 5.92 Å². The topological polar surface area (TPSA) is 3.24 Å². The zero-order valence-corrected chi connectivity index (χ0v) is 11.7. The third-order valence-electron chi connectivity index (χ3n) is 4.16. The Hall–Kier alpha value is -1.60. The molecule has 0 amide bonds. The Bertz CT molecular complexity index is 547. The first-order valence-electron chi connectivity index (χ1n) is 7.07. The maximum Gasteiger partial charge on any atom is 0.0233 e. The van der Waals surface area contributed by atoms with Gasteiger partial charge in [0.05, 0.1) is 0 Å². The Kier molecular flexibility index (Phi) is 3.39. The normalized spacial score (nSPS) is 23.7. The van der Waals surface area contributed by atoms with Crippen LogP contribution in [0.3, 0.4) is 0 Å². The Balaban J connectivity index is 2.11. The zero-order valence-electron chi connectivity index (χ0n) is 11.7. The monoisotopic (exact) mass is 251 g/mol. The average Bonchev–Trinajstić information content (AvgIpc) is 2.54. The summed E-state index contributed by atoms with van der Waals surface area (Å²) in [6, 6.07) is 19.9. The molecule has 19 heavy (non-hydrogen) atoms. The standard InChI is InChI=1S/C18H21N/c1-14-12-19(2)13-16-10-6-7-11-17(16)18(14)15-8-4-3-5-9-15/h3-11,14,18H,12-13H2,1-2H3. The minimum atomic E-state index is 0.516. The maximum atomic E-state index is 2.44. The molecule has 1 heterocycles. The Labute approximate surface area is 115 Å². The van der Waals surface area contributed by atoms with Gasteiger partial charge in [-0.3, -0.25) is 0 Å². The lowest BCUT2D eigenvalue weighted by Crippen LogP contribution is -2.23. The van der Waals surface area contributed by atoms with E-state index in [1.165, 1.54) is 16.7 Å². The summed E-state index contributed by atoms with van der Waals surface area (Å²) in [4.78, 5) is 2.44. The summed E-state index contributed by atoms with van der Waals surface area (Å²) in [7, 11) is 2.22. The largest absolute Gasteiger partial charge is 0.302 e. The van der Waals surface area contributed by atoms with Crippen molar-refractivity contribution in [2.45, 2.75) is 19.4 Å². The first-order chi connectivity index (χ1) is 9.25. The Morgan fingerprint density at radius 1 is 0.947 bits per heavy atom. The summed E-state index contributed by atoms with van der Waals surface area (Å²) >= 11 is 0. The molecule has 1 nitrogen and oxygen atoms in total. The number of fused-ring (bicyclic) bond motifs is 1. The molecule has 1 aliphatic heterocycles. The Morgan fingerprint density at radius 2 is 1.63 bits per heavy atom. The van der Waals surface area contributed by atoms with Crippen molar-refractivity contribution >= 4 is 0 Å². The third-order valence-corrected chi connectivity index (χ3v) is 4.16. The average molecular weight is 251 g/mol. The first-order valence-corrected chi connectivity index (χ1v) is 7.07. The van der Waals surface area contributed by atoms with Crippen molar-refractivity contribution in [3.05, 3.63) is 71.3 Å². The van der Waals surface area contributed by atoms with Crippen molar-refractivity contribution < 1.29 is 0 Å². The molecule has 2 unspecified atom stereocenters. The smallest absolute Gasteiger partial charge is 0.0233 e. The number of benzene rings is 2. The summed E-state index contributed by atoms with van der Waals surface area (Å²) < 4.78 is 0. The summed E-state index contributed by atoms with van der Waals surface area (Å²) in [6.45, 7) is 4.58.